The number of hydrogen-bond acceptors (Lipinski definition) is 10. The number of Topliss-reactive ketones (excluding diaryl/α,β-unsaturated/α-hetero) is 1. The third-order valence-electron chi connectivity index (χ3n) is 12.9. The van der Waals surface area contributed by atoms with Gasteiger partial charge in [-0.05, 0) is 118 Å². The van der Waals surface area contributed by atoms with Gasteiger partial charge in [0.25, 0.3) is 5.91 Å². The van der Waals surface area contributed by atoms with Gasteiger partial charge in [-0.2, -0.15) is 0 Å². The lowest BCUT2D eigenvalue weighted by Crippen LogP contribution is -2.54. The van der Waals surface area contributed by atoms with Crippen LogP contribution in [0.2, 0.25) is 0 Å². The summed E-state index contributed by atoms with van der Waals surface area (Å²) in [5.41, 5.74) is 0.883. The number of amides is 5. The Morgan fingerprint density at radius 3 is 1.57 bits per heavy atom. The summed E-state index contributed by atoms with van der Waals surface area (Å²) in [4.78, 5) is 85.0. The van der Waals surface area contributed by atoms with Crippen molar-refractivity contribution >= 4 is 56.9 Å². The molecule has 2 fully saturated rings. The number of carbonyl (C=O) groups is 6. The maximum Gasteiger partial charge on any atom is 0.255 e. The quantitative estimate of drug-likeness (QED) is 0.0669. The number of rotatable bonds is 19. The van der Waals surface area contributed by atoms with Crippen LogP contribution >= 0.6 is 0 Å². The van der Waals surface area contributed by atoms with Gasteiger partial charge in [0, 0.05) is 51.0 Å². The molecular weight excluding hydrogens is 863 g/mol. The van der Waals surface area contributed by atoms with Crippen molar-refractivity contribution in [2.45, 2.75) is 101 Å². The Balaban J connectivity index is 1.11. The summed E-state index contributed by atoms with van der Waals surface area (Å²) in [5, 5.41) is 18.2. The summed E-state index contributed by atoms with van der Waals surface area (Å²) in [6.07, 6.45) is 3.43. The van der Waals surface area contributed by atoms with Crippen molar-refractivity contribution in [2.24, 2.45) is 0 Å². The number of benzene rings is 4. The van der Waals surface area contributed by atoms with E-state index in [1.165, 1.54) is 7.11 Å². The average Bonchev–Trinajstić information content (AvgIpc) is 4.05. The number of hydrogen-bond donors (Lipinski definition) is 5. The Morgan fingerprint density at radius 1 is 0.647 bits per heavy atom. The molecule has 4 aromatic rings. The lowest BCUT2D eigenvalue weighted by molar-refractivity contribution is -0.137. The number of likely N-dealkylation sites (N-methyl/N-ethyl adjacent to an activating group) is 2. The van der Waals surface area contributed by atoms with E-state index in [-0.39, 0.29) is 73.2 Å². The highest BCUT2D eigenvalue weighted by Gasteiger charge is 2.36. The molecule has 0 unspecified atom stereocenters. The molecule has 0 bridgehead atoms. The van der Waals surface area contributed by atoms with E-state index in [2.05, 4.69) is 50.3 Å². The second kappa shape index (κ2) is 24.2. The van der Waals surface area contributed by atoms with Crippen LogP contribution in [0.3, 0.4) is 0 Å². The third kappa shape index (κ3) is 12.5. The Hall–Kier alpha value is -6.94. The van der Waals surface area contributed by atoms with Crippen molar-refractivity contribution < 1.29 is 38.2 Å². The molecule has 0 aromatic heterocycles. The third-order valence-corrected chi connectivity index (χ3v) is 12.9. The Morgan fingerprint density at radius 2 is 1.09 bits per heavy atom. The number of ether oxygens (including phenoxy) is 2. The standard InChI is InChI=1S/C53H63N7O8/c1-34(54-3)49(62)57-44(52(65)59-27-15-21-40(59)25-26-46(61)42-29-36-17-11-13-19-38(36)31-47(42)67-5)23-9-7-8-10-24-45(58-50(63)35(2)55-4)53(66)60-28-16-22-41(60)33-56-51(64)43-30-37-18-12-14-20-39(37)32-48(43)68-6/h11-14,17-20,29-32,34-35,40-41,44-45,54-55H,15-16,21-28,33H2,1-6H3,(H,56,64)(H,57,62)(H,58,63)/t34-,35-,40-,41-,44-,45-/m0/s1. The molecule has 5 amide bonds. The van der Waals surface area contributed by atoms with E-state index in [9.17, 15) is 28.8 Å². The molecule has 15 nitrogen and oxygen atoms in total. The van der Waals surface area contributed by atoms with Crippen LogP contribution in [0.5, 0.6) is 11.5 Å². The molecule has 2 saturated heterocycles. The number of ketones is 1. The van der Waals surface area contributed by atoms with E-state index in [1.54, 1.807) is 50.9 Å². The first-order valence-electron chi connectivity index (χ1n) is 23.3. The van der Waals surface area contributed by atoms with Gasteiger partial charge in [-0.1, -0.05) is 60.4 Å². The van der Waals surface area contributed by atoms with Gasteiger partial charge in [0.2, 0.25) is 23.6 Å². The summed E-state index contributed by atoms with van der Waals surface area (Å²) in [6, 6.07) is 19.1. The monoisotopic (exact) mass is 925 g/mol. The van der Waals surface area contributed by atoms with E-state index in [0.29, 0.717) is 48.6 Å². The second-order valence-corrected chi connectivity index (χ2v) is 17.3. The summed E-state index contributed by atoms with van der Waals surface area (Å²) in [6.45, 7) is 4.50. The molecule has 0 spiro atoms. The van der Waals surface area contributed by atoms with Gasteiger partial charge in [0.1, 0.15) is 23.6 Å². The van der Waals surface area contributed by atoms with Crippen LogP contribution < -0.4 is 36.1 Å². The van der Waals surface area contributed by atoms with Gasteiger partial charge < -0.3 is 45.9 Å². The first-order chi connectivity index (χ1) is 32.9. The minimum absolute atomic E-state index is 0.0306. The van der Waals surface area contributed by atoms with E-state index in [1.807, 2.05) is 66.7 Å². The fraction of sp³-hybridized carbons (Fsp3) is 0.434. The zero-order valence-electron chi connectivity index (χ0n) is 39.8. The Kier molecular flexibility index (Phi) is 18.0. The Labute approximate surface area is 398 Å². The Bertz CT molecular complexity index is 2450. The molecule has 358 valence electrons. The van der Waals surface area contributed by atoms with E-state index < -0.39 is 24.2 Å². The number of nitrogens with one attached hydrogen (secondary N) is 5. The van der Waals surface area contributed by atoms with Gasteiger partial charge >= 0.3 is 0 Å². The topological polar surface area (TPSA) is 188 Å². The molecule has 6 atom stereocenters. The van der Waals surface area contributed by atoms with Gasteiger partial charge in [0.15, 0.2) is 5.78 Å². The zero-order chi connectivity index (χ0) is 48.7. The van der Waals surface area contributed by atoms with Crippen molar-refractivity contribution in [3.63, 3.8) is 0 Å². The molecule has 4 aromatic carbocycles. The summed E-state index contributed by atoms with van der Waals surface area (Å²) in [5.74, 6) is 10.6. The predicted molar refractivity (Wildman–Crippen MR) is 262 cm³/mol. The predicted octanol–water partition coefficient (Wildman–Crippen LogP) is 4.36. The maximum atomic E-state index is 14.2. The minimum atomic E-state index is -0.998. The van der Waals surface area contributed by atoms with E-state index in [4.69, 9.17) is 9.47 Å². The minimum Gasteiger partial charge on any atom is -0.496 e. The first kappa shape index (κ1) is 50.5. The van der Waals surface area contributed by atoms with Crippen molar-refractivity contribution in [1.82, 2.24) is 36.4 Å². The van der Waals surface area contributed by atoms with E-state index >= 15 is 0 Å². The number of likely N-dealkylation sites (tertiary alicyclic amines) is 2. The van der Waals surface area contributed by atoms with Gasteiger partial charge in [-0.3, -0.25) is 28.8 Å². The highest BCUT2D eigenvalue weighted by Crippen LogP contribution is 2.30. The SMILES string of the molecule is CN[C@@H](C)C(=O)N[C@@H](CC#CC#CC[C@H](NC(=O)[C@H](C)NC)C(=O)N1CCC[C@H]1CNC(=O)c1cc2ccccc2cc1OC)C(=O)N1CCC[C@H]1CCC(=O)c1cc2ccccc2cc1OC. The van der Waals surface area contributed by atoms with Crippen LogP contribution in [0.25, 0.3) is 21.5 Å². The van der Waals surface area contributed by atoms with Crippen molar-refractivity contribution in [2.75, 3.05) is 47.9 Å². The zero-order valence-corrected chi connectivity index (χ0v) is 39.8. The molecule has 6 rings (SSSR count). The van der Waals surface area contributed by atoms with Crippen LogP contribution in [0, 0.1) is 23.7 Å². The van der Waals surface area contributed by atoms with Crippen LogP contribution in [0.1, 0.15) is 85.9 Å². The largest absolute Gasteiger partial charge is 0.496 e. The average molecular weight is 926 g/mol. The molecule has 15 heteroatoms. The van der Waals surface area contributed by atoms with E-state index in [0.717, 1.165) is 40.8 Å². The lowest BCUT2D eigenvalue weighted by Gasteiger charge is -2.29. The van der Waals surface area contributed by atoms with Crippen molar-refractivity contribution in [3.8, 4) is 35.2 Å². The fourth-order valence-electron chi connectivity index (χ4n) is 8.72. The highest BCUT2D eigenvalue weighted by atomic mass is 16.5. The van der Waals surface area contributed by atoms with Gasteiger partial charge in [0.05, 0.1) is 37.4 Å². The summed E-state index contributed by atoms with van der Waals surface area (Å²) >= 11 is 0. The molecule has 2 heterocycles. The number of carbonyl (C=O) groups excluding carboxylic acids is 6. The number of fused-ring (bicyclic) bond motifs is 2. The molecule has 5 N–H and O–H groups in total. The van der Waals surface area contributed by atoms with Crippen molar-refractivity contribution in [1.29, 1.82) is 0 Å². The highest BCUT2D eigenvalue weighted by molar-refractivity contribution is 6.03. The fourth-order valence-corrected chi connectivity index (χ4v) is 8.72. The number of nitrogens with zero attached hydrogens (tertiary/aromatic N) is 2. The van der Waals surface area contributed by atoms with Crippen molar-refractivity contribution in [3.05, 3.63) is 83.9 Å². The molecule has 0 aliphatic carbocycles. The molecule has 0 saturated carbocycles. The lowest BCUT2D eigenvalue weighted by atomic mass is 9.98. The van der Waals surface area contributed by atoms with Gasteiger partial charge in [-0.15, -0.1) is 0 Å². The van der Waals surface area contributed by atoms with Crippen LogP contribution in [0.15, 0.2) is 72.8 Å². The van der Waals surface area contributed by atoms with Crippen LogP contribution in [-0.4, -0.2) is 129 Å². The smallest absolute Gasteiger partial charge is 0.255 e. The number of methoxy groups -OCH3 is 2. The molecule has 0 radical (unpaired) electrons. The first-order valence-corrected chi connectivity index (χ1v) is 23.3. The molecule has 2 aliphatic rings. The van der Waals surface area contributed by atoms with Gasteiger partial charge in [-0.25, -0.2) is 0 Å². The van der Waals surface area contributed by atoms with Crippen LogP contribution in [-0.2, 0) is 19.2 Å². The molecular formula is C53H63N7O8. The second-order valence-electron chi connectivity index (χ2n) is 17.3. The molecule has 2 aliphatic heterocycles. The summed E-state index contributed by atoms with van der Waals surface area (Å²) in [7, 11) is 6.36. The molecule has 68 heavy (non-hydrogen) atoms. The summed E-state index contributed by atoms with van der Waals surface area (Å²) < 4.78 is 11.1. The van der Waals surface area contributed by atoms with Crippen LogP contribution in [0.4, 0.5) is 0 Å². The normalized spacial score (nSPS) is 17.1. The maximum absolute atomic E-state index is 14.2.